The summed E-state index contributed by atoms with van der Waals surface area (Å²) in [5.74, 6) is 0.742. The molecule has 0 saturated carbocycles. The second-order valence-electron chi connectivity index (χ2n) is 5.79. The molecule has 0 fully saturated rings. The van der Waals surface area contributed by atoms with Crippen molar-refractivity contribution >= 4 is 17.4 Å². The van der Waals surface area contributed by atoms with Gasteiger partial charge in [-0.1, -0.05) is 37.1 Å². The van der Waals surface area contributed by atoms with Gasteiger partial charge in [0.1, 0.15) is 0 Å². The fourth-order valence-electron chi connectivity index (χ4n) is 2.61. The van der Waals surface area contributed by atoms with Crippen molar-refractivity contribution in [3.05, 3.63) is 60.0 Å². The quantitative estimate of drug-likeness (QED) is 0.752. The van der Waals surface area contributed by atoms with E-state index in [9.17, 15) is 4.79 Å². The van der Waals surface area contributed by atoms with Gasteiger partial charge in [-0.3, -0.25) is 4.40 Å². The van der Waals surface area contributed by atoms with Gasteiger partial charge in [-0.15, -0.1) is 10.2 Å². The number of urea groups is 1. The predicted molar refractivity (Wildman–Crippen MR) is 94.0 cm³/mol. The Hall–Kier alpha value is -2.89. The van der Waals surface area contributed by atoms with Crippen LogP contribution in [-0.4, -0.2) is 20.6 Å². The fourth-order valence-corrected chi connectivity index (χ4v) is 2.61. The van der Waals surface area contributed by atoms with Crippen LogP contribution in [0.2, 0.25) is 0 Å². The molecule has 3 rings (SSSR count). The maximum atomic E-state index is 12.3. The molecule has 1 atom stereocenters. The van der Waals surface area contributed by atoms with Crippen molar-refractivity contribution < 1.29 is 4.79 Å². The maximum Gasteiger partial charge on any atom is 0.319 e. The Morgan fingerprint density at radius 1 is 1.17 bits per heavy atom. The number of aromatic nitrogens is 3. The topological polar surface area (TPSA) is 71.3 Å². The zero-order valence-corrected chi connectivity index (χ0v) is 13.9. The molecule has 24 heavy (non-hydrogen) atoms. The normalized spacial score (nSPS) is 12.1. The van der Waals surface area contributed by atoms with Gasteiger partial charge in [-0.05, 0) is 37.6 Å². The third kappa shape index (κ3) is 3.53. The first-order chi connectivity index (χ1) is 11.7. The van der Waals surface area contributed by atoms with Crippen molar-refractivity contribution in [3.8, 4) is 0 Å². The van der Waals surface area contributed by atoms with Crippen molar-refractivity contribution in [2.75, 3.05) is 5.32 Å². The number of amides is 2. The summed E-state index contributed by atoms with van der Waals surface area (Å²) in [6.45, 7) is 4.09. The first-order valence-electron chi connectivity index (χ1n) is 8.11. The minimum Gasteiger partial charge on any atom is -0.328 e. The van der Waals surface area contributed by atoms with Crippen LogP contribution in [-0.2, 0) is 0 Å². The molecule has 1 aromatic carbocycles. The number of nitrogens with zero attached hydrogens (tertiary/aromatic N) is 3. The Labute approximate surface area is 140 Å². The van der Waals surface area contributed by atoms with E-state index in [4.69, 9.17) is 0 Å². The summed E-state index contributed by atoms with van der Waals surface area (Å²) in [5, 5.41) is 14.3. The van der Waals surface area contributed by atoms with E-state index in [-0.39, 0.29) is 12.1 Å². The maximum absolute atomic E-state index is 12.3. The first-order valence-corrected chi connectivity index (χ1v) is 8.11. The number of pyridine rings is 1. The highest BCUT2D eigenvalue weighted by Gasteiger charge is 2.19. The van der Waals surface area contributed by atoms with E-state index in [0.717, 1.165) is 35.6 Å². The molecule has 2 N–H and O–H groups in total. The molecule has 0 aliphatic carbocycles. The standard InChI is InChI=1S/C18H21N5O/c1-3-6-15(17-22-21-16-7-4-5-12-23(16)17)20-18(24)19-14-10-8-13(2)9-11-14/h4-5,7-12,15H,3,6H2,1-2H3,(H2,19,20,24)/t15-/m0/s1. The molecule has 0 aliphatic rings. The van der Waals surface area contributed by atoms with E-state index in [1.807, 2.05) is 60.0 Å². The summed E-state index contributed by atoms with van der Waals surface area (Å²) in [6, 6.07) is 13.0. The number of hydrogen-bond acceptors (Lipinski definition) is 3. The Balaban J connectivity index is 1.76. The third-order valence-corrected chi connectivity index (χ3v) is 3.84. The van der Waals surface area contributed by atoms with Crippen LogP contribution in [0.5, 0.6) is 0 Å². The second kappa shape index (κ2) is 7.12. The van der Waals surface area contributed by atoms with Crippen LogP contribution in [0.3, 0.4) is 0 Å². The predicted octanol–water partition coefficient (Wildman–Crippen LogP) is 3.70. The highest BCUT2D eigenvalue weighted by Crippen LogP contribution is 2.18. The van der Waals surface area contributed by atoms with E-state index in [1.54, 1.807) is 0 Å². The van der Waals surface area contributed by atoms with E-state index in [0.29, 0.717) is 0 Å². The monoisotopic (exact) mass is 323 g/mol. The minimum absolute atomic E-state index is 0.196. The highest BCUT2D eigenvalue weighted by atomic mass is 16.2. The minimum atomic E-state index is -0.245. The lowest BCUT2D eigenvalue weighted by Gasteiger charge is -2.17. The molecule has 0 spiro atoms. The van der Waals surface area contributed by atoms with Crippen LogP contribution in [0.4, 0.5) is 10.5 Å². The van der Waals surface area contributed by atoms with E-state index >= 15 is 0 Å². The van der Waals surface area contributed by atoms with Crippen molar-refractivity contribution in [2.24, 2.45) is 0 Å². The van der Waals surface area contributed by atoms with Gasteiger partial charge in [0, 0.05) is 11.9 Å². The van der Waals surface area contributed by atoms with Gasteiger partial charge in [0.25, 0.3) is 0 Å². The van der Waals surface area contributed by atoms with Gasteiger partial charge in [0.15, 0.2) is 11.5 Å². The summed E-state index contributed by atoms with van der Waals surface area (Å²) in [5.41, 5.74) is 2.69. The number of hydrogen-bond donors (Lipinski definition) is 2. The van der Waals surface area contributed by atoms with Gasteiger partial charge in [0.2, 0.25) is 0 Å². The van der Waals surface area contributed by atoms with Gasteiger partial charge in [-0.2, -0.15) is 0 Å². The number of aryl methyl sites for hydroxylation is 1. The van der Waals surface area contributed by atoms with Gasteiger partial charge < -0.3 is 10.6 Å². The number of fused-ring (bicyclic) bond motifs is 1. The van der Waals surface area contributed by atoms with Gasteiger partial charge in [-0.25, -0.2) is 4.79 Å². The molecular weight excluding hydrogens is 302 g/mol. The van der Waals surface area contributed by atoms with Crippen molar-refractivity contribution in [1.82, 2.24) is 19.9 Å². The summed E-state index contributed by atoms with van der Waals surface area (Å²) < 4.78 is 1.91. The third-order valence-electron chi connectivity index (χ3n) is 3.84. The van der Waals surface area contributed by atoms with Gasteiger partial charge in [0.05, 0.1) is 6.04 Å². The lowest BCUT2D eigenvalue weighted by atomic mass is 10.1. The van der Waals surface area contributed by atoms with E-state index in [2.05, 4.69) is 27.8 Å². The SMILES string of the molecule is CCC[C@H](NC(=O)Nc1ccc(C)cc1)c1nnc2ccccn12. The van der Waals surface area contributed by atoms with Crippen molar-refractivity contribution in [2.45, 2.75) is 32.7 Å². The van der Waals surface area contributed by atoms with Crippen LogP contribution in [0.1, 0.15) is 37.2 Å². The van der Waals surface area contributed by atoms with E-state index < -0.39 is 0 Å². The number of rotatable bonds is 5. The van der Waals surface area contributed by atoms with Crippen molar-refractivity contribution in [3.63, 3.8) is 0 Å². The Kier molecular flexibility index (Phi) is 4.74. The fraction of sp³-hybridized carbons (Fsp3) is 0.278. The zero-order valence-electron chi connectivity index (χ0n) is 13.9. The second-order valence-corrected chi connectivity index (χ2v) is 5.79. The number of anilines is 1. The van der Waals surface area contributed by atoms with Crippen LogP contribution in [0, 0.1) is 6.92 Å². The average molecular weight is 323 g/mol. The summed E-state index contributed by atoms with van der Waals surface area (Å²) in [6.07, 6.45) is 3.63. The Morgan fingerprint density at radius 2 is 1.96 bits per heavy atom. The van der Waals surface area contributed by atoms with Crippen LogP contribution in [0.25, 0.3) is 5.65 Å². The molecule has 2 amide bonds. The Morgan fingerprint density at radius 3 is 2.71 bits per heavy atom. The molecule has 2 aromatic heterocycles. The highest BCUT2D eigenvalue weighted by molar-refractivity contribution is 5.89. The van der Waals surface area contributed by atoms with E-state index in [1.165, 1.54) is 0 Å². The molecule has 2 heterocycles. The molecule has 0 aliphatic heterocycles. The smallest absolute Gasteiger partial charge is 0.319 e. The molecular formula is C18H21N5O. The molecule has 0 unspecified atom stereocenters. The number of carbonyl (C=O) groups is 1. The molecule has 0 saturated heterocycles. The number of carbonyl (C=O) groups excluding carboxylic acids is 1. The summed E-state index contributed by atoms with van der Waals surface area (Å²) in [4.78, 5) is 12.3. The van der Waals surface area contributed by atoms with Crippen LogP contribution >= 0.6 is 0 Å². The van der Waals surface area contributed by atoms with Gasteiger partial charge >= 0.3 is 6.03 Å². The molecule has 0 bridgehead atoms. The summed E-state index contributed by atoms with van der Waals surface area (Å²) >= 11 is 0. The van der Waals surface area contributed by atoms with Crippen LogP contribution < -0.4 is 10.6 Å². The zero-order chi connectivity index (χ0) is 16.9. The summed E-state index contributed by atoms with van der Waals surface area (Å²) in [7, 11) is 0. The molecule has 124 valence electrons. The number of nitrogens with one attached hydrogen (secondary N) is 2. The average Bonchev–Trinajstić information content (AvgIpc) is 3.00. The molecule has 6 nitrogen and oxygen atoms in total. The Bertz CT molecular complexity index is 825. The lowest BCUT2D eigenvalue weighted by Crippen LogP contribution is -2.33. The number of benzene rings is 1. The molecule has 0 radical (unpaired) electrons. The first kappa shape index (κ1) is 16.0. The molecule has 3 aromatic rings. The molecule has 6 heteroatoms. The van der Waals surface area contributed by atoms with Crippen molar-refractivity contribution in [1.29, 1.82) is 0 Å². The lowest BCUT2D eigenvalue weighted by molar-refractivity contribution is 0.247. The van der Waals surface area contributed by atoms with Crippen LogP contribution in [0.15, 0.2) is 48.7 Å². The largest absolute Gasteiger partial charge is 0.328 e.